The number of ether oxygens (including phenoxy) is 1. The monoisotopic (exact) mass is 279 g/mol. The molecule has 4 nitrogen and oxygen atoms in total. The number of hydrogen-bond donors (Lipinski definition) is 1. The van der Waals surface area contributed by atoms with Crippen molar-refractivity contribution < 1.29 is 4.74 Å². The molecule has 2 rings (SSSR count). The van der Waals surface area contributed by atoms with Gasteiger partial charge in [0.15, 0.2) is 0 Å². The standard InChI is InChI=1S/C14H18ClN3O/c1-4-16-14(12-7-8-17-18(12)2)11-9-10(15)5-6-13(11)19-3/h5-9,14,16H,4H2,1-3H3. The van der Waals surface area contributed by atoms with Crippen molar-refractivity contribution in [2.75, 3.05) is 13.7 Å². The number of rotatable bonds is 5. The molecule has 1 aromatic carbocycles. The molecular weight excluding hydrogens is 262 g/mol. The molecule has 1 N–H and O–H groups in total. The summed E-state index contributed by atoms with van der Waals surface area (Å²) in [7, 11) is 3.59. The number of aryl methyl sites for hydroxylation is 1. The van der Waals surface area contributed by atoms with E-state index in [0.717, 1.165) is 23.6 Å². The summed E-state index contributed by atoms with van der Waals surface area (Å²) in [5.74, 6) is 0.816. The Labute approximate surface area is 118 Å². The highest BCUT2D eigenvalue weighted by Crippen LogP contribution is 2.32. The quantitative estimate of drug-likeness (QED) is 0.915. The van der Waals surface area contributed by atoms with Crippen molar-refractivity contribution in [3.63, 3.8) is 0 Å². The molecule has 19 heavy (non-hydrogen) atoms. The van der Waals surface area contributed by atoms with Crippen LogP contribution in [0.2, 0.25) is 5.02 Å². The Hall–Kier alpha value is -1.52. The molecule has 0 amide bonds. The fraction of sp³-hybridized carbons (Fsp3) is 0.357. The summed E-state index contributed by atoms with van der Waals surface area (Å²) in [4.78, 5) is 0. The van der Waals surface area contributed by atoms with Crippen molar-refractivity contribution in [3.8, 4) is 5.75 Å². The molecule has 0 radical (unpaired) electrons. The Morgan fingerprint density at radius 1 is 1.42 bits per heavy atom. The molecule has 0 saturated heterocycles. The van der Waals surface area contributed by atoms with E-state index in [2.05, 4.69) is 17.3 Å². The van der Waals surface area contributed by atoms with E-state index < -0.39 is 0 Å². The zero-order valence-corrected chi connectivity index (χ0v) is 12.1. The SMILES string of the molecule is CCNC(c1cc(Cl)ccc1OC)c1ccnn1C. The smallest absolute Gasteiger partial charge is 0.124 e. The lowest BCUT2D eigenvalue weighted by Gasteiger charge is -2.21. The second-order valence-corrected chi connectivity index (χ2v) is 4.69. The minimum Gasteiger partial charge on any atom is -0.496 e. The predicted molar refractivity (Wildman–Crippen MR) is 76.7 cm³/mol. The molecule has 0 saturated carbocycles. The Bertz CT molecular complexity index is 553. The van der Waals surface area contributed by atoms with Crippen LogP contribution in [-0.4, -0.2) is 23.4 Å². The summed E-state index contributed by atoms with van der Waals surface area (Å²) >= 11 is 6.11. The molecule has 0 bridgehead atoms. The van der Waals surface area contributed by atoms with Crippen LogP contribution in [0.3, 0.4) is 0 Å². The third kappa shape index (κ3) is 2.91. The van der Waals surface area contributed by atoms with E-state index in [9.17, 15) is 0 Å². The van der Waals surface area contributed by atoms with Crippen LogP contribution in [0.5, 0.6) is 5.75 Å². The first-order valence-corrected chi connectivity index (χ1v) is 6.60. The zero-order valence-electron chi connectivity index (χ0n) is 11.4. The van der Waals surface area contributed by atoms with E-state index in [-0.39, 0.29) is 6.04 Å². The van der Waals surface area contributed by atoms with Crippen LogP contribution in [-0.2, 0) is 7.05 Å². The number of aromatic nitrogens is 2. The fourth-order valence-electron chi connectivity index (χ4n) is 2.18. The first-order valence-electron chi connectivity index (χ1n) is 6.22. The number of benzene rings is 1. The lowest BCUT2D eigenvalue weighted by atomic mass is 10.0. The maximum atomic E-state index is 6.11. The van der Waals surface area contributed by atoms with Gasteiger partial charge in [0.2, 0.25) is 0 Å². The first kappa shape index (κ1) is 13.9. The van der Waals surface area contributed by atoms with Crippen molar-refractivity contribution in [1.82, 2.24) is 15.1 Å². The Kier molecular flexibility index (Phi) is 4.45. The van der Waals surface area contributed by atoms with Gasteiger partial charge < -0.3 is 10.1 Å². The van der Waals surface area contributed by atoms with Crippen molar-refractivity contribution in [2.24, 2.45) is 7.05 Å². The maximum Gasteiger partial charge on any atom is 0.124 e. The molecule has 0 aliphatic rings. The Morgan fingerprint density at radius 3 is 2.79 bits per heavy atom. The van der Waals surface area contributed by atoms with Gasteiger partial charge in [-0.3, -0.25) is 4.68 Å². The molecular formula is C14H18ClN3O. The van der Waals surface area contributed by atoms with E-state index in [0.29, 0.717) is 5.02 Å². The van der Waals surface area contributed by atoms with E-state index in [1.54, 1.807) is 13.3 Å². The van der Waals surface area contributed by atoms with E-state index >= 15 is 0 Å². The molecule has 5 heteroatoms. The summed E-state index contributed by atoms with van der Waals surface area (Å²) in [6.07, 6.45) is 1.79. The van der Waals surface area contributed by atoms with Gasteiger partial charge in [0.1, 0.15) is 5.75 Å². The number of hydrogen-bond acceptors (Lipinski definition) is 3. The van der Waals surface area contributed by atoms with Gasteiger partial charge in [0.25, 0.3) is 0 Å². The normalized spacial score (nSPS) is 12.4. The summed E-state index contributed by atoms with van der Waals surface area (Å²) in [5.41, 5.74) is 2.09. The zero-order chi connectivity index (χ0) is 13.8. The van der Waals surface area contributed by atoms with Crippen LogP contribution < -0.4 is 10.1 Å². The lowest BCUT2D eigenvalue weighted by molar-refractivity contribution is 0.403. The van der Waals surface area contributed by atoms with Gasteiger partial charge in [-0.25, -0.2) is 0 Å². The predicted octanol–water partition coefficient (Wildman–Crippen LogP) is 2.78. The van der Waals surface area contributed by atoms with Gasteiger partial charge in [-0.2, -0.15) is 5.10 Å². The second kappa shape index (κ2) is 6.08. The molecule has 1 aromatic heterocycles. The number of halogens is 1. The highest BCUT2D eigenvalue weighted by Gasteiger charge is 2.20. The molecule has 102 valence electrons. The third-order valence-electron chi connectivity index (χ3n) is 3.07. The van der Waals surface area contributed by atoms with Crippen molar-refractivity contribution >= 4 is 11.6 Å². The van der Waals surface area contributed by atoms with Gasteiger partial charge in [0.05, 0.1) is 18.8 Å². The van der Waals surface area contributed by atoms with Crippen LogP contribution in [0.25, 0.3) is 0 Å². The van der Waals surface area contributed by atoms with E-state index in [1.807, 2.05) is 36.0 Å². The lowest BCUT2D eigenvalue weighted by Crippen LogP contribution is -2.24. The van der Waals surface area contributed by atoms with Gasteiger partial charge in [-0.1, -0.05) is 18.5 Å². The molecule has 0 fully saturated rings. The second-order valence-electron chi connectivity index (χ2n) is 4.26. The average molecular weight is 280 g/mol. The highest BCUT2D eigenvalue weighted by atomic mass is 35.5. The van der Waals surface area contributed by atoms with Gasteiger partial charge in [-0.05, 0) is 30.8 Å². The van der Waals surface area contributed by atoms with Crippen molar-refractivity contribution in [3.05, 3.63) is 46.7 Å². The maximum absolute atomic E-state index is 6.11. The number of nitrogens with one attached hydrogen (secondary N) is 1. The number of nitrogens with zero attached hydrogens (tertiary/aromatic N) is 2. The molecule has 2 aromatic rings. The van der Waals surface area contributed by atoms with Crippen molar-refractivity contribution in [2.45, 2.75) is 13.0 Å². The van der Waals surface area contributed by atoms with E-state index in [1.165, 1.54) is 0 Å². The average Bonchev–Trinajstić information content (AvgIpc) is 2.82. The first-order chi connectivity index (χ1) is 9.17. The Morgan fingerprint density at radius 2 is 2.21 bits per heavy atom. The molecule has 0 aliphatic heterocycles. The molecule has 0 spiro atoms. The third-order valence-corrected chi connectivity index (χ3v) is 3.30. The molecule has 1 heterocycles. The summed E-state index contributed by atoms with van der Waals surface area (Å²) in [5, 5.41) is 8.37. The van der Waals surface area contributed by atoms with Crippen LogP contribution in [0.1, 0.15) is 24.2 Å². The largest absolute Gasteiger partial charge is 0.496 e. The van der Waals surface area contributed by atoms with Crippen LogP contribution >= 0.6 is 11.6 Å². The summed E-state index contributed by atoms with van der Waals surface area (Å²) in [6, 6.07) is 7.65. The topological polar surface area (TPSA) is 39.1 Å². The highest BCUT2D eigenvalue weighted by molar-refractivity contribution is 6.30. The Balaban J connectivity index is 2.50. The molecule has 1 unspecified atom stereocenters. The van der Waals surface area contributed by atoms with Gasteiger partial charge in [-0.15, -0.1) is 0 Å². The fourth-order valence-corrected chi connectivity index (χ4v) is 2.36. The minimum atomic E-state index is 0.00569. The number of methoxy groups -OCH3 is 1. The van der Waals surface area contributed by atoms with E-state index in [4.69, 9.17) is 16.3 Å². The molecule has 1 atom stereocenters. The minimum absolute atomic E-state index is 0.00569. The van der Waals surface area contributed by atoms with Gasteiger partial charge in [0, 0.05) is 23.8 Å². The van der Waals surface area contributed by atoms with Crippen molar-refractivity contribution in [1.29, 1.82) is 0 Å². The summed E-state index contributed by atoms with van der Waals surface area (Å²) < 4.78 is 7.29. The van der Waals surface area contributed by atoms with Crippen LogP contribution in [0, 0.1) is 0 Å². The van der Waals surface area contributed by atoms with Crippen LogP contribution in [0.15, 0.2) is 30.5 Å². The molecule has 0 aliphatic carbocycles. The van der Waals surface area contributed by atoms with Crippen LogP contribution in [0.4, 0.5) is 0 Å². The van der Waals surface area contributed by atoms with Gasteiger partial charge >= 0.3 is 0 Å². The summed E-state index contributed by atoms with van der Waals surface area (Å²) in [6.45, 7) is 2.91.